The summed E-state index contributed by atoms with van der Waals surface area (Å²) in [6.07, 6.45) is 0. The molecule has 0 saturated carbocycles. The number of amides is 1. The maximum Gasteiger partial charge on any atom is 0.296 e. The summed E-state index contributed by atoms with van der Waals surface area (Å²) in [5, 5.41) is 11.2. The zero-order valence-corrected chi connectivity index (χ0v) is 13.7. The molecule has 0 aliphatic carbocycles. The first-order valence-corrected chi connectivity index (χ1v) is 7.38. The summed E-state index contributed by atoms with van der Waals surface area (Å²) in [6, 6.07) is 12.1. The molecule has 5 heteroatoms. The van der Waals surface area contributed by atoms with E-state index in [2.05, 4.69) is 26.1 Å². The van der Waals surface area contributed by atoms with Crippen LogP contribution in [0.3, 0.4) is 0 Å². The van der Waals surface area contributed by atoms with E-state index in [4.69, 9.17) is 5.26 Å². The number of hydrogen-bond acceptors (Lipinski definition) is 3. The van der Waals surface area contributed by atoms with Crippen LogP contribution in [0.1, 0.15) is 42.3 Å². The molecule has 0 aliphatic rings. The van der Waals surface area contributed by atoms with Crippen LogP contribution in [0.2, 0.25) is 0 Å². The quantitative estimate of drug-likeness (QED) is 0.689. The molecule has 2 aromatic rings. The Labute approximate surface area is 139 Å². The SMILES string of the molecule is CC(C)(C)c1ccc(C(=O)C(=O)Nc2ccc(F)c(C#N)c2)cc1. The molecular weight excluding hydrogens is 307 g/mol. The fourth-order valence-corrected chi connectivity index (χ4v) is 2.13. The van der Waals surface area contributed by atoms with Crippen LogP contribution in [-0.4, -0.2) is 11.7 Å². The monoisotopic (exact) mass is 324 g/mol. The zero-order valence-electron chi connectivity index (χ0n) is 13.7. The average Bonchev–Trinajstić information content (AvgIpc) is 2.55. The average molecular weight is 324 g/mol. The highest BCUT2D eigenvalue weighted by molar-refractivity contribution is 6.46. The van der Waals surface area contributed by atoms with Gasteiger partial charge in [0.25, 0.3) is 11.7 Å². The summed E-state index contributed by atoms with van der Waals surface area (Å²) in [7, 11) is 0. The molecule has 2 rings (SSSR count). The number of ketones is 1. The third kappa shape index (κ3) is 3.85. The minimum Gasteiger partial charge on any atom is -0.319 e. The number of nitriles is 1. The lowest BCUT2D eigenvalue weighted by Gasteiger charge is -2.18. The highest BCUT2D eigenvalue weighted by atomic mass is 19.1. The number of nitrogens with one attached hydrogen (secondary N) is 1. The van der Waals surface area contributed by atoms with Crippen molar-refractivity contribution in [3.05, 3.63) is 65.0 Å². The topological polar surface area (TPSA) is 70.0 Å². The first kappa shape index (κ1) is 17.4. The molecule has 0 spiro atoms. The number of rotatable bonds is 3. The van der Waals surface area contributed by atoms with Gasteiger partial charge in [0.05, 0.1) is 5.56 Å². The molecule has 0 aromatic heterocycles. The van der Waals surface area contributed by atoms with Gasteiger partial charge in [-0.2, -0.15) is 5.26 Å². The number of carbonyl (C=O) groups excluding carboxylic acids is 2. The van der Waals surface area contributed by atoms with Crippen LogP contribution in [0.4, 0.5) is 10.1 Å². The van der Waals surface area contributed by atoms with Gasteiger partial charge in [-0.15, -0.1) is 0 Å². The molecular formula is C19H17FN2O2. The number of Topliss-reactive ketones (excluding diaryl/α,β-unsaturated/α-hetero) is 1. The predicted molar refractivity (Wildman–Crippen MR) is 89.2 cm³/mol. The molecule has 0 heterocycles. The Morgan fingerprint density at radius 1 is 1.08 bits per heavy atom. The minimum atomic E-state index is -0.839. The standard InChI is InChI=1S/C19H17FN2O2/c1-19(2,3)14-6-4-12(5-7-14)17(23)18(24)22-15-8-9-16(20)13(10-15)11-21/h4-10H,1-3H3,(H,22,24). The van der Waals surface area contributed by atoms with Gasteiger partial charge in [-0.1, -0.05) is 45.0 Å². The lowest BCUT2D eigenvalue weighted by Crippen LogP contribution is -2.23. The van der Waals surface area contributed by atoms with Crippen molar-refractivity contribution >= 4 is 17.4 Å². The Balaban J connectivity index is 2.15. The van der Waals surface area contributed by atoms with Gasteiger partial charge < -0.3 is 5.32 Å². The second-order valence-corrected chi connectivity index (χ2v) is 6.42. The van der Waals surface area contributed by atoms with Crippen LogP contribution in [0, 0.1) is 17.1 Å². The Kier molecular flexibility index (Phi) is 4.79. The third-order valence-corrected chi connectivity index (χ3v) is 3.56. The fourth-order valence-electron chi connectivity index (χ4n) is 2.13. The molecule has 1 N–H and O–H groups in total. The maximum atomic E-state index is 13.3. The second kappa shape index (κ2) is 6.63. The molecule has 122 valence electrons. The van der Waals surface area contributed by atoms with Crippen LogP contribution in [0.25, 0.3) is 0 Å². The Morgan fingerprint density at radius 3 is 2.25 bits per heavy atom. The van der Waals surface area contributed by atoms with E-state index in [9.17, 15) is 14.0 Å². The summed E-state index contributed by atoms with van der Waals surface area (Å²) in [4.78, 5) is 24.2. The van der Waals surface area contributed by atoms with Crippen LogP contribution < -0.4 is 5.32 Å². The number of nitrogens with zero attached hydrogens (tertiary/aromatic N) is 1. The van der Waals surface area contributed by atoms with Crippen molar-refractivity contribution in [2.24, 2.45) is 0 Å². The van der Waals surface area contributed by atoms with E-state index in [0.29, 0.717) is 0 Å². The lowest BCUT2D eigenvalue weighted by molar-refractivity contribution is -0.112. The van der Waals surface area contributed by atoms with Gasteiger partial charge in [-0.3, -0.25) is 9.59 Å². The molecule has 24 heavy (non-hydrogen) atoms. The van der Waals surface area contributed by atoms with Gasteiger partial charge in [-0.05, 0) is 29.2 Å². The molecule has 0 saturated heterocycles. The fraction of sp³-hybridized carbons (Fsp3) is 0.211. The first-order chi connectivity index (χ1) is 11.2. The van der Waals surface area contributed by atoms with E-state index in [0.717, 1.165) is 11.6 Å². The molecule has 0 fully saturated rings. The molecule has 0 aliphatic heterocycles. The van der Waals surface area contributed by atoms with Crippen LogP contribution in [0.5, 0.6) is 0 Å². The highest BCUT2D eigenvalue weighted by Gasteiger charge is 2.19. The van der Waals surface area contributed by atoms with Gasteiger partial charge in [-0.25, -0.2) is 4.39 Å². The van der Waals surface area contributed by atoms with Crippen molar-refractivity contribution < 1.29 is 14.0 Å². The number of anilines is 1. The molecule has 0 bridgehead atoms. The lowest BCUT2D eigenvalue weighted by atomic mass is 9.86. The van der Waals surface area contributed by atoms with Gasteiger partial charge in [0.2, 0.25) is 0 Å². The van der Waals surface area contributed by atoms with Crippen molar-refractivity contribution in [2.75, 3.05) is 5.32 Å². The van der Waals surface area contributed by atoms with E-state index >= 15 is 0 Å². The first-order valence-electron chi connectivity index (χ1n) is 7.38. The molecule has 1 amide bonds. The highest BCUT2D eigenvalue weighted by Crippen LogP contribution is 2.22. The number of halogens is 1. The third-order valence-electron chi connectivity index (χ3n) is 3.56. The molecule has 0 radical (unpaired) electrons. The van der Waals surface area contributed by atoms with Gasteiger partial charge in [0, 0.05) is 11.3 Å². The normalized spacial score (nSPS) is 10.8. The summed E-state index contributed by atoms with van der Waals surface area (Å²) in [6.45, 7) is 6.16. The van der Waals surface area contributed by atoms with Crippen molar-refractivity contribution in [1.29, 1.82) is 5.26 Å². The van der Waals surface area contributed by atoms with Gasteiger partial charge in [0.15, 0.2) is 0 Å². The van der Waals surface area contributed by atoms with Crippen molar-refractivity contribution in [2.45, 2.75) is 26.2 Å². The Hall–Kier alpha value is -3.00. The molecule has 4 nitrogen and oxygen atoms in total. The van der Waals surface area contributed by atoms with E-state index in [1.54, 1.807) is 18.2 Å². The predicted octanol–water partition coefficient (Wildman–Crippen LogP) is 3.82. The summed E-state index contributed by atoms with van der Waals surface area (Å²) in [5.74, 6) is -2.22. The van der Waals surface area contributed by atoms with E-state index in [1.165, 1.54) is 12.1 Å². The number of hydrogen-bond donors (Lipinski definition) is 1. The van der Waals surface area contributed by atoms with E-state index in [-0.39, 0.29) is 22.2 Å². The van der Waals surface area contributed by atoms with Crippen LogP contribution in [0.15, 0.2) is 42.5 Å². The smallest absolute Gasteiger partial charge is 0.296 e. The molecule has 0 unspecified atom stereocenters. The number of carbonyl (C=O) groups is 2. The second-order valence-electron chi connectivity index (χ2n) is 6.42. The molecule has 2 aromatic carbocycles. The van der Waals surface area contributed by atoms with Crippen molar-refractivity contribution in [1.82, 2.24) is 0 Å². The van der Waals surface area contributed by atoms with Gasteiger partial charge in [0.1, 0.15) is 11.9 Å². The van der Waals surface area contributed by atoms with Gasteiger partial charge >= 0.3 is 0 Å². The number of benzene rings is 2. The van der Waals surface area contributed by atoms with Crippen LogP contribution in [-0.2, 0) is 10.2 Å². The maximum absolute atomic E-state index is 13.3. The van der Waals surface area contributed by atoms with E-state index < -0.39 is 17.5 Å². The zero-order chi connectivity index (χ0) is 17.9. The largest absolute Gasteiger partial charge is 0.319 e. The van der Waals surface area contributed by atoms with E-state index in [1.807, 2.05) is 12.1 Å². The summed E-state index contributed by atoms with van der Waals surface area (Å²) < 4.78 is 13.3. The van der Waals surface area contributed by atoms with Crippen LogP contribution >= 0.6 is 0 Å². The summed E-state index contributed by atoms with van der Waals surface area (Å²) in [5.41, 5.74) is 1.26. The van der Waals surface area contributed by atoms with Crippen molar-refractivity contribution in [3.63, 3.8) is 0 Å². The Morgan fingerprint density at radius 2 is 1.71 bits per heavy atom. The Bertz CT molecular complexity index is 828. The minimum absolute atomic E-state index is 0.0500. The molecule has 0 atom stereocenters. The van der Waals surface area contributed by atoms with Crippen molar-refractivity contribution in [3.8, 4) is 6.07 Å². The summed E-state index contributed by atoms with van der Waals surface area (Å²) >= 11 is 0.